The molecule has 21 heavy (non-hydrogen) atoms. The second-order valence-electron chi connectivity index (χ2n) is 5.31. The maximum Gasteiger partial charge on any atom is 0.226 e. The normalized spacial score (nSPS) is 12.5. The Morgan fingerprint density at radius 1 is 1.33 bits per heavy atom. The molecule has 2 aromatic rings. The molecule has 3 N–H and O–H groups in total. The van der Waals surface area contributed by atoms with E-state index in [1.807, 2.05) is 24.3 Å². The average Bonchev–Trinajstić information content (AvgIpc) is 2.87. The van der Waals surface area contributed by atoms with E-state index < -0.39 is 0 Å². The molecule has 0 radical (unpaired) electrons. The van der Waals surface area contributed by atoms with E-state index in [2.05, 4.69) is 17.2 Å². The first-order chi connectivity index (χ1) is 10.2. The summed E-state index contributed by atoms with van der Waals surface area (Å²) in [5.41, 5.74) is 6.56. The van der Waals surface area contributed by atoms with E-state index in [0.29, 0.717) is 24.0 Å². The van der Waals surface area contributed by atoms with Gasteiger partial charge in [-0.1, -0.05) is 43.2 Å². The molecule has 0 spiro atoms. The van der Waals surface area contributed by atoms with E-state index in [1.54, 1.807) is 0 Å². The van der Waals surface area contributed by atoms with Crippen LogP contribution in [0.2, 0.25) is 0 Å². The number of nitrogens with two attached hydrogens (primary N) is 1. The van der Waals surface area contributed by atoms with Crippen molar-refractivity contribution in [3.8, 4) is 0 Å². The van der Waals surface area contributed by atoms with E-state index >= 15 is 0 Å². The van der Waals surface area contributed by atoms with Crippen molar-refractivity contribution in [2.45, 2.75) is 39.0 Å². The Morgan fingerprint density at radius 3 is 2.86 bits per heavy atom. The summed E-state index contributed by atoms with van der Waals surface area (Å²) in [6.45, 7) is 2.87. The number of carbonyl (C=O) groups excluding carboxylic acids is 1. The number of amides is 1. The molecule has 0 aliphatic rings. The van der Waals surface area contributed by atoms with Gasteiger partial charge >= 0.3 is 0 Å². The number of hydrogen-bond acceptors (Lipinski definition) is 4. The van der Waals surface area contributed by atoms with Crippen LogP contribution in [0, 0.1) is 5.92 Å². The third kappa shape index (κ3) is 4.79. The molecule has 0 aliphatic carbocycles. The Bertz CT molecular complexity index is 543. The van der Waals surface area contributed by atoms with Gasteiger partial charge in [0.05, 0.1) is 10.2 Å². The lowest BCUT2D eigenvalue weighted by Crippen LogP contribution is -2.15. The van der Waals surface area contributed by atoms with E-state index in [4.69, 9.17) is 5.73 Å². The van der Waals surface area contributed by atoms with Crippen LogP contribution in [-0.2, 0) is 4.79 Å². The Kier molecular flexibility index (Phi) is 6.14. The lowest BCUT2D eigenvalue weighted by molar-refractivity contribution is -0.116. The number of para-hydroxylation sites is 1. The first kappa shape index (κ1) is 15.9. The summed E-state index contributed by atoms with van der Waals surface area (Å²) in [4.78, 5) is 16.4. The fourth-order valence-electron chi connectivity index (χ4n) is 2.52. The van der Waals surface area contributed by atoms with Gasteiger partial charge in [-0.25, -0.2) is 4.98 Å². The van der Waals surface area contributed by atoms with Crippen molar-refractivity contribution in [3.05, 3.63) is 24.3 Å². The van der Waals surface area contributed by atoms with E-state index in [-0.39, 0.29) is 5.91 Å². The van der Waals surface area contributed by atoms with Crippen LogP contribution < -0.4 is 11.1 Å². The predicted octanol–water partition coefficient (Wildman–Crippen LogP) is 3.78. The number of carbonyl (C=O) groups is 1. The molecule has 1 amide bonds. The zero-order chi connectivity index (χ0) is 15.1. The third-order valence-corrected chi connectivity index (χ3v) is 4.54. The lowest BCUT2D eigenvalue weighted by Gasteiger charge is -2.14. The highest BCUT2D eigenvalue weighted by atomic mass is 32.1. The number of thiazole rings is 1. The number of aromatic nitrogens is 1. The standard InChI is InChI=1S/C16H23N3OS/c1-2-5-12(10-11-17)8-9-15(20)19-16-18-13-6-3-4-7-14(13)21-16/h3-4,6-7,12H,2,5,8-11,17H2,1H3,(H,18,19,20). The van der Waals surface area contributed by atoms with Crippen molar-refractivity contribution >= 4 is 32.6 Å². The monoisotopic (exact) mass is 305 g/mol. The van der Waals surface area contributed by atoms with Crippen LogP contribution in [0.4, 0.5) is 5.13 Å². The van der Waals surface area contributed by atoms with Crippen LogP contribution >= 0.6 is 11.3 Å². The van der Waals surface area contributed by atoms with Crippen LogP contribution in [0.25, 0.3) is 10.2 Å². The number of benzene rings is 1. The van der Waals surface area contributed by atoms with Crippen LogP contribution in [0.15, 0.2) is 24.3 Å². The Hall–Kier alpha value is -1.46. The van der Waals surface area contributed by atoms with Crippen molar-refractivity contribution in [3.63, 3.8) is 0 Å². The van der Waals surface area contributed by atoms with Gasteiger partial charge in [-0.15, -0.1) is 0 Å². The Morgan fingerprint density at radius 2 is 2.14 bits per heavy atom. The number of fused-ring (bicyclic) bond motifs is 1. The SMILES string of the molecule is CCCC(CCN)CCC(=O)Nc1nc2ccccc2s1. The molecule has 0 saturated heterocycles. The number of rotatable bonds is 8. The van der Waals surface area contributed by atoms with Crippen LogP contribution in [0.3, 0.4) is 0 Å². The molecule has 2 rings (SSSR count). The highest BCUT2D eigenvalue weighted by Gasteiger charge is 2.12. The number of nitrogens with one attached hydrogen (secondary N) is 1. The van der Waals surface area contributed by atoms with Crippen LogP contribution in [-0.4, -0.2) is 17.4 Å². The molecule has 0 bridgehead atoms. The Labute approximate surface area is 129 Å². The zero-order valence-electron chi connectivity index (χ0n) is 12.5. The summed E-state index contributed by atoms with van der Waals surface area (Å²) in [6.07, 6.45) is 4.74. The van der Waals surface area contributed by atoms with E-state index in [0.717, 1.165) is 35.9 Å². The quantitative estimate of drug-likeness (QED) is 0.780. The van der Waals surface area contributed by atoms with Crippen LogP contribution in [0.1, 0.15) is 39.0 Å². The zero-order valence-corrected chi connectivity index (χ0v) is 13.3. The molecule has 0 fully saturated rings. The minimum atomic E-state index is 0.0483. The lowest BCUT2D eigenvalue weighted by atomic mass is 9.94. The second kappa shape index (κ2) is 8.10. The highest BCUT2D eigenvalue weighted by molar-refractivity contribution is 7.22. The minimum absolute atomic E-state index is 0.0483. The molecule has 4 nitrogen and oxygen atoms in total. The molecule has 1 unspecified atom stereocenters. The molecule has 0 aliphatic heterocycles. The summed E-state index contributed by atoms with van der Waals surface area (Å²) >= 11 is 1.52. The molecular formula is C16H23N3OS. The van der Waals surface area contributed by atoms with Gasteiger partial charge in [0.15, 0.2) is 5.13 Å². The summed E-state index contributed by atoms with van der Waals surface area (Å²) in [5, 5.41) is 3.60. The molecular weight excluding hydrogens is 282 g/mol. The predicted molar refractivity (Wildman–Crippen MR) is 89.6 cm³/mol. The fourth-order valence-corrected chi connectivity index (χ4v) is 3.40. The van der Waals surface area contributed by atoms with E-state index in [1.165, 1.54) is 11.3 Å². The van der Waals surface area contributed by atoms with Crippen LogP contribution in [0.5, 0.6) is 0 Å². The third-order valence-electron chi connectivity index (χ3n) is 3.59. The Balaban J connectivity index is 1.86. The van der Waals surface area contributed by atoms with Gasteiger partial charge in [-0.05, 0) is 37.4 Å². The molecule has 114 valence electrons. The molecule has 5 heteroatoms. The smallest absolute Gasteiger partial charge is 0.226 e. The van der Waals surface area contributed by atoms with Gasteiger partial charge < -0.3 is 11.1 Å². The van der Waals surface area contributed by atoms with Crippen molar-refractivity contribution < 1.29 is 4.79 Å². The number of nitrogens with zero attached hydrogens (tertiary/aromatic N) is 1. The maximum absolute atomic E-state index is 12.0. The average molecular weight is 305 g/mol. The summed E-state index contributed by atoms with van der Waals surface area (Å²) in [5.74, 6) is 0.605. The van der Waals surface area contributed by atoms with Gasteiger partial charge in [0.25, 0.3) is 0 Å². The van der Waals surface area contributed by atoms with Crippen molar-refractivity contribution in [2.24, 2.45) is 11.7 Å². The van der Waals surface area contributed by atoms with Crippen molar-refractivity contribution in [2.75, 3.05) is 11.9 Å². The number of anilines is 1. The van der Waals surface area contributed by atoms with E-state index in [9.17, 15) is 4.79 Å². The second-order valence-corrected chi connectivity index (χ2v) is 6.34. The minimum Gasteiger partial charge on any atom is -0.330 e. The summed E-state index contributed by atoms with van der Waals surface area (Å²) in [6, 6.07) is 7.91. The van der Waals surface area contributed by atoms with Gasteiger partial charge in [0.2, 0.25) is 5.91 Å². The van der Waals surface area contributed by atoms with Gasteiger partial charge in [0, 0.05) is 6.42 Å². The molecule has 1 aromatic heterocycles. The maximum atomic E-state index is 12.0. The van der Waals surface area contributed by atoms with Crippen molar-refractivity contribution in [1.29, 1.82) is 0 Å². The highest BCUT2D eigenvalue weighted by Crippen LogP contribution is 2.25. The molecule has 1 atom stereocenters. The topological polar surface area (TPSA) is 68.0 Å². The summed E-state index contributed by atoms with van der Waals surface area (Å²) in [7, 11) is 0. The summed E-state index contributed by atoms with van der Waals surface area (Å²) < 4.78 is 1.10. The van der Waals surface area contributed by atoms with Gasteiger partial charge in [-0.3, -0.25) is 4.79 Å². The first-order valence-electron chi connectivity index (χ1n) is 7.58. The molecule has 0 saturated carbocycles. The molecule has 1 aromatic carbocycles. The molecule has 1 heterocycles. The first-order valence-corrected chi connectivity index (χ1v) is 8.40. The van der Waals surface area contributed by atoms with Crippen molar-refractivity contribution in [1.82, 2.24) is 4.98 Å². The number of hydrogen-bond donors (Lipinski definition) is 2. The largest absolute Gasteiger partial charge is 0.330 e. The van der Waals surface area contributed by atoms with Gasteiger partial charge in [0.1, 0.15) is 0 Å². The fraction of sp³-hybridized carbons (Fsp3) is 0.500. The van der Waals surface area contributed by atoms with Gasteiger partial charge in [-0.2, -0.15) is 0 Å².